The van der Waals surface area contributed by atoms with Gasteiger partial charge in [-0.15, -0.1) is 0 Å². The van der Waals surface area contributed by atoms with Crippen molar-refractivity contribution in [3.8, 4) is 17.6 Å². The number of rotatable bonds is 6. The van der Waals surface area contributed by atoms with Crippen molar-refractivity contribution in [2.75, 3.05) is 19.0 Å². The van der Waals surface area contributed by atoms with Gasteiger partial charge in [0.2, 0.25) is 0 Å². The number of para-hydroxylation sites is 1. The highest BCUT2D eigenvalue weighted by Crippen LogP contribution is 2.33. The number of anilines is 1. The van der Waals surface area contributed by atoms with E-state index in [9.17, 15) is 10.1 Å². The Kier molecular flexibility index (Phi) is 6.90. The van der Waals surface area contributed by atoms with E-state index in [0.717, 1.165) is 0 Å². The predicted molar refractivity (Wildman–Crippen MR) is 103 cm³/mol. The number of carbonyl (C=O) groups excluding carboxylic acids is 1. The van der Waals surface area contributed by atoms with E-state index in [0.29, 0.717) is 39.4 Å². The number of nitriles is 1. The van der Waals surface area contributed by atoms with Crippen LogP contribution in [0.15, 0.2) is 42.0 Å². The molecule has 0 aliphatic carbocycles. The quantitative estimate of drug-likeness (QED) is 0.559. The molecule has 0 radical (unpaired) electrons. The highest BCUT2D eigenvalue weighted by Gasteiger charge is 2.15. The molecule has 7 heteroatoms. The van der Waals surface area contributed by atoms with Gasteiger partial charge in [-0.25, -0.2) is 0 Å². The number of hydrogen-bond acceptors (Lipinski definition) is 4. The number of amides is 1. The minimum absolute atomic E-state index is 0.118. The fraction of sp³-hybridized carbons (Fsp3) is 0.158. The number of nitrogens with one attached hydrogen (secondary N) is 1. The molecule has 0 spiro atoms. The van der Waals surface area contributed by atoms with Crippen LogP contribution in [-0.4, -0.2) is 19.6 Å². The lowest BCUT2D eigenvalue weighted by atomic mass is 10.1. The van der Waals surface area contributed by atoms with Gasteiger partial charge in [0.25, 0.3) is 5.91 Å². The third kappa shape index (κ3) is 4.69. The summed E-state index contributed by atoms with van der Waals surface area (Å²) in [5.74, 6) is 0.357. The Balaban J connectivity index is 2.36. The van der Waals surface area contributed by atoms with Crippen LogP contribution in [0.4, 0.5) is 5.69 Å². The summed E-state index contributed by atoms with van der Waals surface area (Å²) in [4.78, 5) is 12.4. The SMILES string of the molecule is CCOc1cccc(/C=C(\C#N)C(=O)Nc2cc(Cl)ccc2Cl)c1OC. The van der Waals surface area contributed by atoms with Crippen LogP contribution in [0.5, 0.6) is 11.5 Å². The second kappa shape index (κ2) is 9.14. The molecular formula is C19H16Cl2N2O3. The maximum atomic E-state index is 12.4. The fourth-order valence-electron chi connectivity index (χ4n) is 2.22. The lowest BCUT2D eigenvalue weighted by Crippen LogP contribution is -2.13. The third-order valence-electron chi connectivity index (χ3n) is 3.35. The number of benzene rings is 2. The zero-order chi connectivity index (χ0) is 19.1. The molecule has 1 amide bonds. The topological polar surface area (TPSA) is 71.3 Å². The van der Waals surface area contributed by atoms with Gasteiger partial charge in [-0.3, -0.25) is 4.79 Å². The van der Waals surface area contributed by atoms with Gasteiger partial charge in [0, 0.05) is 10.6 Å². The maximum absolute atomic E-state index is 12.4. The van der Waals surface area contributed by atoms with Crippen molar-refractivity contribution in [3.05, 3.63) is 57.6 Å². The van der Waals surface area contributed by atoms with Crippen LogP contribution in [0.1, 0.15) is 12.5 Å². The van der Waals surface area contributed by atoms with Crippen molar-refractivity contribution in [1.29, 1.82) is 5.26 Å². The van der Waals surface area contributed by atoms with Gasteiger partial charge in [0.15, 0.2) is 11.5 Å². The van der Waals surface area contributed by atoms with E-state index in [1.807, 2.05) is 13.0 Å². The molecule has 0 aliphatic rings. The Hall–Kier alpha value is -2.68. The van der Waals surface area contributed by atoms with Crippen molar-refractivity contribution >= 4 is 40.9 Å². The lowest BCUT2D eigenvalue weighted by molar-refractivity contribution is -0.112. The number of nitrogens with zero attached hydrogens (tertiary/aromatic N) is 1. The summed E-state index contributed by atoms with van der Waals surface area (Å²) in [5.41, 5.74) is 0.746. The van der Waals surface area contributed by atoms with Crippen LogP contribution in [0.2, 0.25) is 10.0 Å². The summed E-state index contributed by atoms with van der Waals surface area (Å²) in [6, 6.07) is 11.8. The first kappa shape index (κ1) is 19.6. The van der Waals surface area contributed by atoms with Gasteiger partial charge in [-0.2, -0.15) is 5.26 Å². The Morgan fingerprint density at radius 2 is 2.08 bits per heavy atom. The zero-order valence-electron chi connectivity index (χ0n) is 14.2. The van der Waals surface area contributed by atoms with Crippen molar-refractivity contribution in [3.63, 3.8) is 0 Å². The molecule has 0 fully saturated rings. The summed E-state index contributed by atoms with van der Waals surface area (Å²) in [6.45, 7) is 2.31. The minimum atomic E-state index is -0.611. The second-order valence-corrected chi connectivity index (χ2v) is 5.90. The predicted octanol–water partition coefficient (Wildman–Crippen LogP) is 4.95. The Bertz CT molecular complexity index is 889. The summed E-state index contributed by atoms with van der Waals surface area (Å²) in [7, 11) is 1.49. The monoisotopic (exact) mass is 390 g/mol. The highest BCUT2D eigenvalue weighted by molar-refractivity contribution is 6.36. The zero-order valence-corrected chi connectivity index (χ0v) is 15.7. The van der Waals surface area contributed by atoms with E-state index in [2.05, 4.69) is 5.32 Å². The van der Waals surface area contributed by atoms with Gasteiger partial charge in [-0.05, 0) is 37.3 Å². The lowest BCUT2D eigenvalue weighted by Gasteiger charge is -2.12. The van der Waals surface area contributed by atoms with Gasteiger partial charge in [-0.1, -0.05) is 35.3 Å². The standard InChI is InChI=1S/C19H16Cl2N2O3/c1-3-26-17-6-4-5-12(18(17)25-2)9-13(11-22)19(24)23-16-10-14(20)7-8-15(16)21/h4-10H,3H2,1-2H3,(H,23,24)/b13-9+. The Morgan fingerprint density at radius 3 is 2.73 bits per heavy atom. The first-order valence-corrected chi connectivity index (χ1v) is 8.43. The van der Waals surface area contributed by atoms with Crippen LogP contribution in [0, 0.1) is 11.3 Å². The van der Waals surface area contributed by atoms with E-state index in [1.165, 1.54) is 19.3 Å². The number of hydrogen-bond donors (Lipinski definition) is 1. The molecule has 0 aromatic heterocycles. The average Bonchev–Trinajstić information content (AvgIpc) is 2.63. The smallest absolute Gasteiger partial charge is 0.266 e. The molecule has 1 N–H and O–H groups in total. The van der Waals surface area contributed by atoms with Crippen LogP contribution >= 0.6 is 23.2 Å². The third-order valence-corrected chi connectivity index (χ3v) is 3.92. The molecule has 0 saturated carbocycles. The van der Waals surface area contributed by atoms with Crippen LogP contribution in [0.3, 0.4) is 0 Å². The Labute approximate surface area is 161 Å². The van der Waals surface area contributed by atoms with Gasteiger partial charge in [0.1, 0.15) is 11.6 Å². The summed E-state index contributed by atoms with van der Waals surface area (Å²) in [6.07, 6.45) is 1.43. The van der Waals surface area contributed by atoms with Crippen LogP contribution in [-0.2, 0) is 4.79 Å². The molecule has 0 heterocycles. The average molecular weight is 391 g/mol. The molecule has 2 rings (SSSR count). The van der Waals surface area contributed by atoms with Crippen molar-refractivity contribution < 1.29 is 14.3 Å². The van der Waals surface area contributed by atoms with Gasteiger partial charge >= 0.3 is 0 Å². The molecule has 2 aromatic rings. The number of carbonyl (C=O) groups is 1. The van der Waals surface area contributed by atoms with E-state index in [1.54, 1.807) is 30.3 Å². The second-order valence-electron chi connectivity index (χ2n) is 5.06. The molecular weight excluding hydrogens is 375 g/mol. The first-order valence-electron chi connectivity index (χ1n) is 7.68. The van der Waals surface area contributed by atoms with Crippen molar-refractivity contribution in [2.24, 2.45) is 0 Å². The molecule has 2 aromatic carbocycles. The molecule has 0 unspecified atom stereocenters. The molecule has 0 aliphatic heterocycles. The fourth-order valence-corrected chi connectivity index (χ4v) is 2.56. The van der Waals surface area contributed by atoms with Gasteiger partial charge < -0.3 is 14.8 Å². The van der Waals surface area contributed by atoms with Gasteiger partial charge in [0.05, 0.1) is 24.4 Å². The van der Waals surface area contributed by atoms with E-state index in [4.69, 9.17) is 32.7 Å². The van der Waals surface area contributed by atoms with E-state index in [-0.39, 0.29) is 5.57 Å². The number of methoxy groups -OCH3 is 1. The Morgan fingerprint density at radius 1 is 1.31 bits per heavy atom. The van der Waals surface area contributed by atoms with E-state index < -0.39 is 5.91 Å². The minimum Gasteiger partial charge on any atom is -0.492 e. The molecule has 26 heavy (non-hydrogen) atoms. The van der Waals surface area contributed by atoms with Crippen molar-refractivity contribution in [2.45, 2.75) is 6.92 Å². The number of halogens is 2. The normalized spacial score (nSPS) is 10.8. The first-order chi connectivity index (χ1) is 12.5. The molecule has 0 saturated heterocycles. The molecule has 134 valence electrons. The van der Waals surface area contributed by atoms with Crippen LogP contribution < -0.4 is 14.8 Å². The highest BCUT2D eigenvalue weighted by atomic mass is 35.5. The molecule has 0 bridgehead atoms. The number of ether oxygens (including phenoxy) is 2. The van der Waals surface area contributed by atoms with E-state index >= 15 is 0 Å². The summed E-state index contributed by atoms with van der Waals surface area (Å²) in [5, 5.41) is 12.7. The molecule has 5 nitrogen and oxygen atoms in total. The van der Waals surface area contributed by atoms with Crippen LogP contribution in [0.25, 0.3) is 6.08 Å². The summed E-state index contributed by atoms with van der Waals surface area (Å²) >= 11 is 11.9. The maximum Gasteiger partial charge on any atom is 0.266 e. The molecule has 0 atom stereocenters. The summed E-state index contributed by atoms with van der Waals surface area (Å²) < 4.78 is 10.9. The largest absolute Gasteiger partial charge is 0.492 e. The van der Waals surface area contributed by atoms with Crippen molar-refractivity contribution in [1.82, 2.24) is 0 Å².